The first-order valence-corrected chi connectivity index (χ1v) is 10.4. The molecule has 3 amide bonds. The van der Waals surface area contributed by atoms with Crippen molar-refractivity contribution in [3.63, 3.8) is 0 Å². The van der Waals surface area contributed by atoms with E-state index < -0.39 is 0 Å². The fourth-order valence-electron chi connectivity index (χ4n) is 4.04. The van der Waals surface area contributed by atoms with Crippen LogP contribution in [0.3, 0.4) is 0 Å². The third kappa shape index (κ3) is 4.16. The lowest BCUT2D eigenvalue weighted by atomic mass is 9.80. The van der Waals surface area contributed by atoms with Crippen LogP contribution in [0.2, 0.25) is 0 Å². The molecule has 1 heterocycles. The minimum atomic E-state index is -0.378. The molecule has 8 nitrogen and oxygen atoms in total. The molecule has 2 aliphatic rings. The van der Waals surface area contributed by atoms with Gasteiger partial charge in [-0.25, -0.2) is 5.01 Å². The van der Waals surface area contributed by atoms with Gasteiger partial charge in [-0.3, -0.25) is 19.8 Å². The minimum absolute atomic E-state index is 0.165. The number of hydrogen-bond acceptors (Lipinski definition) is 5. The maximum Gasteiger partial charge on any atom is 0.251 e. The van der Waals surface area contributed by atoms with E-state index in [1.54, 1.807) is 50.6 Å². The molecule has 2 unspecified atom stereocenters. The van der Waals surface area contributed by atoms with E-state index in [-0.39, 0.29) is 29.6 Å². The fourth-order valence-corrected chi connectivity index (χ4v) is 4.04. The van der Waals surface area contributed by atoms with Gasteiger partial charge in [0, 0.05) is 12.1 Å². The molecule has 1 aliphatic carbocycles. The highest BCUT2D eigenvalue weighted by Crippen LogP contribution is 2.32. The van der Waals surface area contributed by atoms with Crippen LogP contribution in [0.25, 0.3) is 0 Å². The summed E-state index contributed by atoms with van der Waals surface area (Å²) in [6.07, 6.45) is 4.98. The van der Waals surface area contributed by atoms with E-state index in [9.17, 15) is 14.4 Å². The number of amides is 3. The number of benzene rings is 2. The third-order valence-corrected chi connectivity index (χ3v) is 5.80. The van der Waals surface area contributed by atoms with Gasteiger partial charge >= 0.3 is 0 Å². The largest absolute Gasteiger partial charge is 0.493 e. The molecule has 2 N–H and O–H groups in total. The zero-order valence-electron chi connectivity index (χ0n) is 18.0. The predicted octanol–water partition coefficient (Wildman–Crippen LogP) is 2.59. The number of hydrazine groups is 1. The first-order chi connectivity index (χ1) is 15.5. The van der Waals surface area contributed by atoms with E-state index in [0.717, 1.165) is 5.56 Å². The molecule has 2 aromatic carbocycles. The number of rotatable bonds is 6. The maximum atomic E-state index is 13.0. The zero-order valence-corrected chi connectivity index (χ0v) is 18.0. The van der Waals surface area contributed by atoms with Crippen LogP contribution >= 0.6 is 0 Å². The Labute approximate surface area is 186 Å². The number of anilines is 1. The van der Waals surface area contributed by atoms with Crippen molar-refractivity contribution in [2.45, 2.75) is 19.4 Å². The van der Waals surface area contributed by atoms with E-state index in [0.29, 0.717) is 42.1 Å². The maximum absolute atomic E-state index is 13.0. The molecule has 1 aliphatic heterocycles. The number of carbonyl (C=O) groups excluding carboxylic acids is 3. The van der Waals surface area contributed by atoms with Gasteiger partial charge < -0.3 is 14.8 Å². The van der Waals surface area contributed by atoms with E-state index >= 15 is 0 Å². The monoisotopic (exact) mass is 435 g/mol. The highest BCUT2D eigenvalue weighted by molar-refractivity contribution is 6.05. The Balaban J connectivity index is 1.47. The van der Waals surface area contributed by atoms with Crippen LogP contribution in [-0.2, 0) is 16.1 Å². The first kappa shape index (κ1) is 21.4. The van der Waals surface area contributed by atoms with Crippen molar-refractivity contribution in [3.05, 3.63) is 65.7 Å². The Kier molecular flexibility index (Phi) is 6.11. The van der Waals surface area contributed by atoms with E-state index in [1.165, 1.54) is 5.01 Å². The molecule has 2 atom stereocenters. The molecule has 2 aromatic rings. The van der Waals surface area contributed by atoms with Gasteiger partial charge in [-0.1, -0.05) is 24.3 Å². The average molecular weight is 435 g/mol. The van der Waals surface area contributed by atoms with Crippen molar-refractivity contribution < 1.29 is 23.9 Å². The molecule has 32 heavy (non-hydrogen) atoms. The van der Waals surface area contributed by atoms with Gasteiger partial charge in [0.05, 0.1) is 31.7 Å². The molecule has 1 fully saturated rings. The van der Waals surface area contributed by atoms with Gasteiger partial charge in [-0.05, 0) is 48.7 Å². The summed E-state index contributed by atoms with van der Waals surface area (Å²) >= 11 is 0. The summed E-state index contributed by atoms with van der Waals surface area (Å²) in [6.45, 7) is 0.291. The number of nitrogens with one attached hydrogen (secondary N) is 2. The molecule has 0 saturated carbocycles. The van der Waals surface area contributed by atoms with Crippen molar-refractivity contribution in [3.8, 4) is 11.5 Å². The Hall–Kier alpha value is -3.81. The SMILES string of the molecule is COc1ccc(CNC(=O)c2cccc(N3NC(=O)C4CC=CCC4C3=O)c2)cc1OC. The van der Waals surface area contributed by atoms with Crippen LogP contribution < -0.4 is 25.2 Å². The van der Waals surface area contributed by atoms with Gasteiger partial charge in [-0.15, -0.1) is 0 Å². The van der Waals surface area contributed by atoms with Crippen LogP contribution in [-0.4, -0.2) is 31.9 Å². The van der Waals surface area contributed by atoms with Gasteiger partial charge in [0.2, 0.25) is 11.8 Å². The summed E-state index contributed by atoms with van der Waals surface area (Å²) < 4.78 is 10.5. The Morgan fingerprint density at radius 1 is 1.03 bits per heavy atom. The number of ether oxygens (including phenoxy) is 2. The molecule has 0 spiro atoms. The third-order valence-electron chi connectivity index (χ3n) is 5.80. The number of fused-ring (bicyclic) bond motifs is 1. The Morgan fingerprint density at radius 3 is 2.53 bits per heavy atom. The molecule has 166 valence electrons. The van der Waals surface area contributed by atoms with Crippen molar-refractivity contribution in [1.82, 2.24) is 10.7 Å². The van der Waals surface area contributed by atoms with E-state index in [1.807, 2.05) is 18.2 Å². The highest BCUT2D eigenvalue weighted by Gasteiger charge is 2.42. The molecule has 1 saturated heterocycles. The number of carbonyl (C=O) groups is 3. The molecule has 4 rings (SSSR count). The highest BCUT2D eigenvalue weighted by atomic mass is 16.5. The Morgan fingerprint density at radius 2 is 1.78 bits per heavy atom. The fraction of sp³-hybridized carbons (Fsp3) is 0.292. The van der Waals surface area contributed by atoms with Gasteiger partial charge in [0.15, 0.2) is 11.5 Å². The molecular formula is C24H25N3O5. The van der Waals surface area contributed by atoms with Crippen molar-refractivity contribution in [2.24, 2.45) is 11.8 Å². The standard InChI is InChI=1S/C24H25N3O5/c1-31-20-11-10-15(12-21(20)32-2)14-25-22(28)16-6-5-7-17(13-16)27-24(30)19-9-4-3-8-18(19)23(29)26-27/h3-7,10-13,18-19H,8-9,14H2,1-2H3,(H,25,28)(H,26,29). The van der Waals surface area contributed by atoms with Crippen LogP contribution in [0.5, 0.6) is 11.5 Å². The number of allylic oxidation sites excluding steroid dienone is 2. The minimum Gasteiger partial charge on any atom is -0.493 e. The topological polar surface area (TPSA) is 97.0 Å². The normalized spacial score (nSPS) is 19.8. The molecule has 0 radical (unpaired) electrons. The molecular weight excluding hydrogens is 410 g/mol. The second-order valence-corrected chi connectivity index (χ2v) is 7.73. The predicted molar refractivity (Wildman–Crippen MR) is 118 cm³/mol. The quantitative estimate of drug-likeness (QED) is 0.680. The van der Waals surface area contributed by atoms with Crippen molar-refractivity contribution >= 4 is 23.4 Å². The summed E-state index contributed by atoms with van der Waals surface area (Å²) in [5, 5.41) is 4.12. The summed E-state index contributed by atoms with van der Waals surface area (Å²) in [4.78, 5) is 38.2. The number of nitrogens with zero attached hydrogens (tertiary/aromatic N) is 1. The van der Waals surface area contributed by atoms with Crippen molar-refractivity contribution in [2.75, 3.05) is 19.2 Å². The van der Waals surface area contributed by atoms with Crippen LogP contribution in [0, 0.1) is 11.8 Å². The van der Waals surface area contributed by atoms with Gasteiger partial charge in [0.1, 0.15) is 0 Å². The molecule has 8 heteroatoms. The lowest BCUT2D eigenvalue weighted by Crippen LogP contribution is -2.59. The van der Waals surface area contributed by atoms with E-state index in [2.05, 4.69) is 10.7 Å². The smallest absolute Gasteiger partial charge is 0.251 e. The van der Waals surface area contributed by atoms with Crippen molar-refractivity contribution in [1.29, 1.82) is 0 Å². The van der Waals surface area contributed by atoms with Gasteiger partial charge in [0.25, 0.3) is 5.91 Å². The Bertz CT molecular complexity index is 1080. The summed E-state index contributed by atoms with van der Waals surface area (Å²) in [6, 6.07) is 12.1. The summed E-state index contributed by atoms with van der Waals surface area (Å²) in [5.41, 5.74) is 4.37. The lowest BCUT2D eigenvalue weighted by Gasteiger charge is -2.38. The van der Waals surface area contributed by atoms with Crippen LogP contribution in [0.1, 0.15) is 28.8 Å². The van der Waals surface area contributed by atoms with Crippen LogP contribution in [0.4, 0.5) is 5.69 Å². The van der Waals surface area contributed by atoms with E-state index in [4.69, 9.17) is 9.47 Å². The zero-order chi connectivity index (χ0) is 22.7. The second-order valence-electron chi connectivity index (χ2n) is 7.73. The summed E-state index contributed by atoms with van der Waals surface area (Å²) in [5.74, 6) is -0.163. The lowest BCUT2D eigenvalue weighted by molar-refractivity contribution is -0.139. The van der Waals surface area contributed by atoms with Gasteiger partial charge in [-0.2, -0.15) is 0 Å². The number of methoxy groups -OCH3 is 2. The number of hydrogen-bond donors (Lipinski definition) is 2. The average Bonchev–Trinajstić information content (AvgIpc) is 2.84. The first-order valence-electron chi connectivity index (χ1n) is 10.4. The second kappa shape index (κ2) is 9.13. The molecule has 0 bridgehead atoms. The van der Waals surface area contributed by atoms with Crippen LogP contribution in [0.15, 0.2) is 54.6 Å². The summed E-state index contributed by atoms with van der Waals surface area (Å²) in [7, 11) is 3.12. The molecule has 0 aromatic heterocycles.